The molecule has 3 aromatic carbocycles. The molecule has 0 bridgehead atoms. The molecule has 3 aromatic rings. The second-order valence-corrected chi connectivity index (χ2v) is 9.38. The summed E-state index contributed by atoms with van der Waals surface area (Å²) in [6.07, 6.45) is 0. The minimum Gasteiger partial charge on any atom is -0.495 e. The first-order chi connectivity index (χ1) is 19.0. The third-order valence-electron chi connectivity index (χ3n) is 6.95. The highest BCUT2D eigenvalue weighted by atomic mass is 16.5. The van der Waals surface area contributed by atoms with E-state index in [1.807, 2.05) is 74.5 Å². The maximum Gasteiger partial charge on any atom is 0.256 e. The zero-order chi connectivity index (χ0) is 27.6. The number of rotatable bonds is 11. The topological polar surface area (TPSA) is 74.4 Å². The van der Waals surface area contributed by atoms with Gasteiger partial charge in [0.1, 0.15) is 12.4 Å². The number of piperazine rings is 1. The van der Waals surface area contributed by atoms with Crippen LogP contribution in [0.2, 0.25) is 0 Å². The third kappa shape index (κ3) is 7.09. The van der Waals surface area contributed by atoms with Crippen LogP contribution in [-0.4, -0.2) is 69.7 Å². The molecule has 0 unspecified atom stereocenters. The van der Waals surface area contributed by atoms with Gasteiger partial charge in [-0.05, 0) is 49.7 Å². The Kier molecular flexibility index (Phi) is 9.80. The maximum absolute atomic E-state index is 13.5. The zero-order valence-corrected chi connectivity index (χ0v) is 23.1. The summed E-state index contributed by atoms with van der Waals surface area (Å²) in [7, 11) is 1.69. The molecule has 206 valence electrons. The van der Waals surface area contributed by atoms with Crippen molar-refractivity contribution in [2.24, 2.45) is 0 Å². The van der Waals surface area contributed by atoms with E-state index in [9.17, 15) is 9.59 Å². The number of carbonyl (C=O) groups is 2. The van der Waals surface area contributed by atoms with Crippen molar-refractivity contribution in [3.05, 3.63) is 83.9 Å². The van der Waals surface area contributed by atoms with Crippen LogP contribution in [0.1, 0.15) is 29.8 Å². The summed E-state index contributed by atoms with van der Waals surface area (Å²) in [6.45, 7) is 8.59. The molecule has 0 radical (unpaired) electrons. The molecule has 8 nitrogen and oxygen atoms in total. The van der Waals surface area contributed by atoms with E-state index in [4.69, 9.17) is 9.47 Å². The first-order valence-corrected chi connectivity index (χ1v) is 13.5. The van der Waals surface area contributed by atoms with Gasteiger partial charge in [-0.25, -0.2) is 0 Å². The summed E-state index contributed by atoms with van der Waals surface area (Å²) in [4.78, 5) is 32.5. The van der Waals surface area contributed by atoms with E-state index in [0.717, 1.165) is 48.9 Å². The number of hydrogen-bond donors (Lipinski definition) is 1. The quantitative estimate of drug-likeness (QED) is 0.389. The monoisotopic (exact) mass is 530 g/mol. The smallest absolute Gasteiger partial charge is 0.256 e. The molecule has 1 heterocycles. The molecule has 8 heteroatoms. The van der Waals surface area contributed by atoms with Gasteiger partial charge in [-0.15, -0.1) is 0 Å². The number of para-hydroxylation sites is 2. The first kappa shape index (κ1) is 28.0. The molecular weight excluding hydrogens is 492 g/mol. The zero-order valence-electron chi connectivity index (χ0n) is 23.1. The number of nitrogens with one attached hydrogen (secondary N) is 1. The average molecular weight is 531 g/mol. The molecule has 0 aliphatic carbocycles. The van der Waals surface area contributed by atoms with Crippen LogP contribution in [0.25, 0.3) is 0 Å². The summed E-state index contributed by atoms with van der Waals surface area (Å²) < 4.78 is 11.1. The van der Waals surface area contributed by atoms with Gasteiger partial charge >= 0.3 is 0 Å². The van der Waals surface area contributed by atoms with Crippen LogP contribution in [-0.2, 0) is 16.1 Å². The fourth-order valence-electron chi connectivity index (χ4n) is 4.85. The maximum atomic E-state index is 13.5. The summed E-state index contributed by atoms with van der Waals surface area (Å²) in [5, 5.41) is 2.89. The fourth-order valence-corrected chi connectivity index (χ4v) is 4.85. The highest BCUT2D eigenvalue weighted by Gasteiger charge is 2.25. The molecule has 0 spiro atoms. The Morgan fingerprint density at radius 3 is 2.15 bits per heavy atom. The van der Waals surface area contributed by atoms with Gasteiger partial charge in [0.05, 0.1) is 25.0 Å². The SMILES string of the molecule is CCN(CC)C(=O)c1cc(NC(=O)COCc2ccccc2)ccc1N1CCN(c2ccccc2OC)CC1. The van der Waals surface area contributed by atoms with E-state index >= 15 is 0 Å². The van der Waals surface area contributed by atoms with Crippen molar-refractivity contribution in [3.63, 3.8) is 0 Å². The second-order valence-electron chi connectivity index (χ2n) is 9.38. The Morgan fingerprint density at radius 1 is 0.846 bits per heavy atom. The lowest BCUT2D eigenvalue weighted by Gasteiger charge is -2.38. The van der Waals surface area contributed by atoms with Gasteiger partial charge in [0.2, 0.25) is 5.91 Å². The molecule has 0 atom stereocenters. The number of amides is 2. The van der Waals surface area contributed by atoms with Crippen LogP contribution in [0.4, 0.5) is 17.1 Å². The predicted molar refractivity (Wildman–Crippen MR) is 156 cm³/mol. The van der Waals surface area contributed by atoms with Crippen molar-refractivity contribution in [2.45, 2.75) is 20.5 Å². The fraction of sp³-hybridized carbons (Fsp3) is 0.355. The number of carbonyl (C=O) groups excluding carboxylic acids is 2. The van der Waals surface area contributed by atoms with Crippen molar-refractivity contribution in [3.8, 4) is 5.75 Å². The summed E-state index contributed by atoms with van der Waals surface area (Å²) >= 11 is 0. The number of methoxy groups -OCH3 is 1. The van der Waals surface area contributed by atoms with E-state index in [1.165, 1.54) is 0 Å². The molecule has 1 aliphatic rings. The number of nitrogens with zero attached hydrogens (tertiary/aromatic N) is 3. The lowest BCUT2D eigenvalue weighted by Crippen LogP contribution is -2.47. The van der Waals surface area contributed by atoms with Crippen molar-refractivity contribution in [1.82, 2.24) is 4.90 Å². The summed E-state index contributed by atoms with van der Waals surface area (Å²) in [5.74, 6) is 0.556. The normalized spacial score (nSPS) is 13.2. The molecule has 1 saturated heterocycles. The number of anilines is 3. The molecule has 39 heavy (non-hydrogen) atoms. The molecule has 1 fully saturated rings. The van der Waals surface area contributed by atoms with Gasteiger partial charge in [0, 0.05) is 50.6 Å². The van der Waals surface area contributed by atoms with Gasteiger partial charge in [-0.1, -0.05) is 42.5 Å². The minimum absolute atomic E-state index is 0.0430. The highest BCUT2D eigenvalue weighted by Crippen LogP contribution is 2.31. The Labute approximate surface area is 231 Å². The molecular formula is C31H38N4O4. The van der Waals surface area contributed by atoms with Crippen LogP contribution in [0, 0.1) is 0 Å². The largest absolute Gasteiger partial charge is 0.495 e. The van der Waals surface area contributed by atoms with Crippen LogP contribution in [0.15, 0.2) is 72.8 Å². The lowest BCUT2D eigenvalue weighted by molar-refractivity contribution is -0.121. The Bertz CT molecular complexity index is 1240. The molecule has 2 amide bonds. The van der Waals surface area contributed by atoms with E-state index in [-0.39, 0.29) is 18.4 Å². The van der Waals surface area contributed by atoms with Gasteiger partial charge in [-0.2, -0.15) is 0 Å². The highest BCUT2D eigenvalue weighted by molar-refractivity contribution is 6.02. The van der Waals surface area contributed by atoms with E-state index in [0.29, 0.717) is 30.9 Å². The number of hydrogen-bond acceptors (Lipinski definition) is 6. The second kappa shape index (κ2) is 13.7. The van der Waals surface area contributed by atoms with Crippen LogP contribution in [0.3, 0.4) is 0 Å². The van der Waals surface area contributed by atoms with Crippen molar-refractivity contribution >= 4 is 28.9 Å². The van der Waals surface area contributed by atoms with Crippen LogP contribution >= 0.6 is 0 Å². The standard InChI is InChI=1S/C31H38N4O4/c1-4-33(5-2)31(37)26-21-25(32-30(36)23-39-22-24-11-7-6-8-12-24)15-16-27(26)34-17-19-35(20-18-34)28-13-9-10-14-29(28)38-3/h6-16,21H,4-5,17-20,22-23H2,1-3H3,(H,32,36). The number of benzene rings is 3. The molecule has 0 aromatic heterocycles. The molecule has 1 N–H and O–H groups in total. The molecule has 4 rings (SSSR count). The Morgan fingerprint density at radius 2 is 1.49 bits per heavy atom. The number of ether oxygens (including phenoxy) is 2. The van der Waals surface area contributed by atoms with Gasteiger partial charge in [-0.3, -0.25) is 9.59 Å². The first-order valence-electron chi connectivity index (χ1n) is 13.5. The van der Waals surface area contributed by atoms with Gasteiger partial charge in [0.25, 0.3) is 5.91 Å². The van der Waals surface area contributed by atoms with E-state index in [2.05, 4.69) is 21.2 Å². The predicted octanol–water partition coefficient (Wildman–Crippen LogP) is 4.66. The van der Waals surface area contributed by atoms with Crippen LogP contribution in [0.5, 0.6) is 5.75 Å². The van der Waals surface area contributed by atoms with Crippen molar-refractivity contribution in [2.75, 3.05) is 68.1 Å². The van der Waals surface area contributed by atoms with E-state index < -0.39 is 0 Å². The molecule has 1 aliphatic heterocycles. The lowest BCUT2D eigenvalue weighted by atomic mass is 10.1. The summed E-state index contributed by atoms with van der Waals surface area (Å²) in [6, 6.07) is 23.4. The Hall–Kier alpha value is -4.04. The minimum atomic E-state index is -0.259. The van der Waals surface area contributed by atoms with Gasteiger partial charge < -0.3 is 29.5 Å². The van der Waals surface area contributed by atoms with E-state index in [1.54, 1.807) is 18.1 Å². The average Bonchev–Trinajstić information content (AvgIpc) is 2.98. The van der Waals surface area contributed by atoms with Gasteiger partial charge in [0.15, 0.2) is 0 Å². The molecule has 0 saturated carbocycles. The Balaban J connectivity index is 1.46. The summed E-state index contributed by atoms with van der Waals surface area (Å²) in [5.41, 5.74) is 4.13. The van der Waals surface area contributed by atoms with Crippen molar-refractivity contribution in [1.29, 1.82) is 0 Å². The third-order valence-corrected chi connectivity index (χ3v) is 6.95. The van der Waals surface area contributed by atoms with Crippen LogP contribution < -0.4 is 19.9 Å². The van der Waals surface area contributed by atoms with Crippen molar-refractivity contribution < 1.29 is 19.1 Å².